The van der Waals surface area contributed by atoms with Gasteiger partial charge in [0.2, 0.25) is 0 Å². The first-order chi connectivity index (χ1) is 16.4. The fourth-order valence-electron chi connectivity index (χ4n) is 4.05. The zero-order valence-electron chi connectivity index (χ0n) is 18.4. The first kappa shape index (κ1) is 20.8. The van der Waals surface area contributed by atoms with Gasteiger partial charge in [-0.2, -0.15) is 0 Å². The molecule has 0 amide bonds. The molecule has 1 heteroatoms. The van der Waals surface area contributed by atoms with Crippen molar-refractivity contribution < 1.29 is 4.74 Å². The van der Waals surface area contributed by atoms with Gasteiger partial charge in [0.05, 0.1) is 6.61 Å². The van der Waals surface area contributed by atoms with Crippen LogP contribution >= 0.6 is 0 Å². The molecule has 1 heterocycles. The van der Waals surface area contributed by atoms with Crippen molar-refractivity contribution in [2.45, 2.75) is 6.42 Å². The highest BCUT2D eigenvalue weighted by molar-refractivity contribution is 5.88. The number of fused-ring (bicyclic) bond motifs is 1. The van der Waals surface area contributed by atoms with Gasteiger partial charge < -0.3 is 4.74 Å². The Bertz CT molecular complexity index is 1300. The number of hydrogen-bond donors (Lipinski definition) is 0. The van der Waals surface area contributed by atoms with Gasteiger partial charge in [-0.1, -0.05) is 127 Å². The lowest BCUT2D eigenvalue weighted by molar-refractivity contribution is 0.356. The van der Waals surface area contributed by atoms with Gasteiger partial charge in [-0.25, -0.2) is 0 Å². The molecule has 159 valence electrons. The van der Waals surface area contributed by atoms with E-state index in [9.17, 15) is 0 Å². The van der Waals surface area contributed by atoms with Crippen LogP contribution in [0.15, 0.2) is 91.0 Å². The van der Waals surface area contributed by atoms with E-state index < -0.39 is 0 Å². The van der Waals surface area contributed by atoms with E-state index in [-0.39, 0.29) is 0 Å². The Balaban J connectivity index is 1.63. The average Bonchev–Trinajstić information content (AvgIpc) is 3.35. The third-order valence-electron chi connectivity index (χ3n) is 5.75. The molecule has 0 aromatic heterocycles. The van der Waals surface area contributed by atoms with Crippen molar-refractivity contribution in [3.05, 3.63) is 136 Å². The molecule has 0 unspecified atom stereocenters. The van der Waals surface area contributed by atoms with Gasteiger partial charge >= 0.3 is 0 Å². The van der Waals surface area contributed by atoms with Crippen LogP contribution in [0.5, 0.6) is 5.75 Å². The molecule has 0 atom stereocenters. The average molecular weight is 426 g/mol. The summed E-state index contributed by atoms with van der Waals surface area (Å²) in [5.41, 5.74) is 8.12. The normalized spacial score (nSPS) is 13.1. The van der Waals surface area contributed by atoms with Crippen molar-refractivity contribution in [1.29, 1.82) is 0 Å². The second kappa shape index (κ2) is 10.0. The van der Waals surface area contributed by atoms with E-state index in [0.29, 0.717) is 6.61 Å². The monoisotopic (exact) mass is 425 g/mol. The third kappa shape index (κ3) is 5.05. The Kier molecular flexibility index (Phi) is 6.31. The summed E-state index contributed by atoms with van der Waals surface area (Å²) in [5, 5.41) is 0. The van der Waals surface area contributed by atoms with E-state index in [1.165, 1.54) is 22.3 Å². The van der Waals surface area contributed by atoms with Gasteiger partial charge in [-0.05, 0) is 33.4 Å². The Morgan fingerprint density at radius 1 is 0.545 bits per heavy atom. The van der Waals surface area contributed by atoms with Crippen molar-refractivity contribution in [3.8, 4) is 5.75 Å². The van der Waals surface area contributed by atoms with Gasteiger partial charge in [0.25, 0.3) is 0 Å². The van der Waals surface area contributed by atoms with Gasteiger partial charge in [-0.3, -0.25) is 0 Å². The van der Waals surface area contributed by atoms with E-state index >= 15 is 0 Å². The molecule has 0 N–H and O–H groups in total. The summed E-state index contributed by atoms with van der Waals surface area (Å²) in [4.78, 5) is 0. The largest absolute Gasteiger partial charge is 0.492 e. The molecular weight excluding hydrogens is 400 g/mol. The summed E-state index contributed by atoms with van der Waals surface area (Å²) in [6, 6.07) is 34.7. The summed E-state index contributed by atoms with van der Waals surface area (Å²) in [5.74, 6) is 0.868. The predicted molar refractivity (Wildman–Crippen MR) is 141 cm³/mol. The quantitative estimate of drug-likeness (QED) is 0.285. The van der Waals surface area contributed by atoms with Crippen LogP contribution < -0.4 is 4.74 Å². The summed E-state index contributed by atoms with van der Waals surface area (Å²) >= 11 is 0. The molecule has 1 aliphatic rings. The fourth-order valence-corrected chi connectivity index (χ4v) is 4.05. The lowest BCUT2D eigenvalue weighted by Gasteiger charge is -2.12. The van der Waals surface area contributed by atoms with Crippen molar-refractivity contribution in [1.82, 2.24) is 0 Å². The number of benzene rings is 4. The predicted octanol–water partition coefficient (Wildman–Crippen LogP) is 7.93. The minimum absolute atomic E-state index is 0.700. The minimum atomic E-state index is 0.700. The molecule has 5 rings (SSSR count). The molecule has 1 nitrogen and oxygen atoms in total. The summed E-state index contributed by atoms with van der Waals surface area (Å²) < 4.78 is 5.95. The van der Waals surface area contributed by atoms with Crippen LogP contribution in [-0.2, 0) is 6.42 Å². The molecule has 0 fully saturated rings. The Hall–Kier alpha value is -4.10. The summed E-state index contributed by atoms with van der Waals surface area (Å²) in [7, 11) is 0. The van der Waals surface area contributed by atoms with E-state index in [1.807, 2.05) is 18.2 Å². The molecule has 4 aromatic rings. The summed E-state index contributed by atoms with van der Waals surface area (Å²) in [6.45, 7) is 0.700. The lowest BCUT2D eigenvalue weighted by Crippen LogP contribution is -1.94. The zero-order valence-corrected chi connectivity index (χ0v) is 18.4. The standard InChI is InChI=1S/C32H25O/c1-4-10-25(11-5-1)16-19-28-24-32-31(22-23-33-32)30(21-18-27-14-8-3-9-15-27)29(28)20-17-26-12-6-2-7-13-26/h1-21H,22-23H2. The summed E-state index contributed by atoms with van der Waals surface area (Å²) in [6.07, 6.45) is 14.0. The van der Waals surface area contributed by atoms with Gasteiger partial charge in [0.1, 0.15) is 5.75 Å². The number of rotatable bonds is 6. The molecule has 0 bridgehead atoms. The Labute approximate surface area is 196 Å². The highest BCUT2D eigenvalue weighted by Gasteiger charge is 2.20. The van der Waals surface area contributed by atoms with Crippen molar-refractivity contribution in [2.24, 2.45) is 0 Å². The molecule has 0 aliphatic carbocycles. The van der Waals surface area contributed by atoms with Gasteiger partial charge in [0.15, 0.2) is 0 Å². The van der Waals surface area contributed by atoms with Crippen LogP contribution in [0.25, 0.3) is 36.5 Å². The van der Waals surface area contributed by atoms with E-state index in [0.717, 1.165) is 28.9 Å². The number of ether oxygens (including phenoxy) is 1. The molecule has 4 aromatic carbocycles. The van der Waals surface area contributed by atoms with E-state index in [1.54, 1.807) is 0 Å². The first-order valence-corrected chi connectivity index (χ1v) is 11.3. The maximum atomic E-state index is 5.95. The van der Waals surface area contributed by atoms with Gasteiger partial charge in [0, 0.05) is 18.1 Å². The van der Waals surface area contributed by atoms with Crippen LogP contribution in [-0.4, -0.2) is 6.61 Å². The van der Waals surface area contributed by atoms with Crippen molar-refractivity contribution >= 4 is 36.5 Å². The van der Waals surface area contributed by atoms with Crippen molar-refractivity contribution in [2.75, 3.05) is 6.61 Å². The number of hydrogen-bond acceptors (Lipinski definition) is 1. The molecule has 33 heavy (non-hydrogen) atoms. The second-order valence-electron chi connectivity index (χ2n) is 8.00. The molecule has 0 saturated carbocycles. The third-order valence-corrected chi connectivity index (χ3v) is 5.75. The van der Waals surface area contributed by atoms with Gasteiger partial charge in [-0.15, -0.1) is 0 Å². The highest BCUT2D eigenvalue weighted by atomic mass is 16.5. The van der Waals surface area contributed by atoms with E-state index in [2.05, 4.69) is 115 Å². The first-order valence-electron chi connectivity index (χ1n) is 11.3. The second-order valence-corrected chi connectivity index (χ2v) is 8.00. The van der Waals surface area contributed by atoms with Crippen LogP contribution in [0.1, 0.15) is 38.9 Å². The molecule has 0 spiro atoms. The zero-order chi connectivity index (χ0) is 22.3. The van der Waals surface area contributed by atoms with Crippen LogP contribution in [0.4, 0.5) is 0 Å². The minimum Gasteiger partial charge on any atom is -0.492 e. The molecular formula is C32H25O. The fraction of sp³-hybridized carbons (Fsp3) is 0.0625. The maximum absolute atomic E-state index is 5.95. The lowest BCUT2D eigenvalue weighted by atomic mass is 9.92. The Morgan fingerprint density at radius 3 is 1.58 bits per heavy atom. The molecule has 0 saturated heterocycles. The molecule has 1 aliphatic heterocycles. The topological polar surface area (TPSA) is 9.23 Å². The molecule has 1 radical (unpaired) electrons. The maximum Gasteiger partial charge on any atom is 0.131 e. The Morgan fingerprint density at radius 2 is 1.03 bits per heavy atom. The van der Waals surface area contributed by atoms with E-state index in [4.69, 9.17) is 4.74 Å². The van der Waals surface area contributed by atoms with Crippen molar-refractivity contribution in [3.63, 3.8) is 0 Å². The van der Waals surface area contributed by atoms with Crippen LogP contribution in [0.2, 0.25) is 0 Å². The van der Waals surface area contributed by atoms with Crippen LogP contribution in [0.3, 0.4) is 0 Å². The van der Waals surface area contributed by atoms with Crippen LogP contribution in [0, 0.1) is 6.07 Å². The highest BCUT2D eigenvalue weighted by Crippen LogP contribution is 2.36. The smallest absolute Gasteiger partial charge is 0.131 e. The SMILES string of the molecule is [c]1c(C=Cc2ccccc2)c(C=Cc2ccccc2)c(C=Cc2ccccc2)c2c1OCC2.